The van der Waals surface area contributed by atoms with E-state index in [1.165, 1.54) is 18.0 Å². The van der Waals surface area contributed by atoms with Gasteiger partial charge >= 0.3 is 16.4 Å². The zero-order chi connectivity index (χ0) is 31.1. The summed E-state index contributed by atoms with van der Waals surface area (Å²) in [6, 6.07) is 2.79. The summed E-state index contributed by atoms with van der Waals surface area (Å²) in [5.41, 5.74) is -0.403. The molecule has 0 unspecified atom stereocenters. The van der Waals surface area contributed by atoms with Gasteiger partial charge in [-0.2, -0.15) is 36.9 Å². The number of sulfonamides is 4. The van der Waals surface area contributed by atoms with Gasteiger partial charge in [0.25, 0.3) is 0 Å². The molecule has 0 saturated carbocycles. The molecule has 0 N–H and O–H groups in total. The van der Waals surface area contributed by atoms with Crippen LogP contribution in [0.1, 0.15) is 0 Å². The third-order valence-electron chi connectivity index (χ3n) is 2.18. The first kappa shape index (κ1) is 39.2. The molecule has 0 bridgehead atoms. The van der Waals surface area contributed by atoms with E-state index >= 15 is 0 Å². The van der Waals surface area contributed by atoms with Crippen molar-refractivity contribution in [1.29, 1.82) is 10.5 Å². The molecular formula is C10H9F6N5O11S5-4. The maximum Gasteiger partial charge on any atom is 0.399 e. The number of rotatable bonds is 2. The predicted molar refractivity (Wildman–Crippen MR) is 108 cm³/mol. The summed E-state index contributed by atoms with van der Waals surface area (Å²) in [4.78, 5) is 0. The standard InChI is InChI=1S/C4N3.C3F6NO4S2.C2H6NO4S2.CH4O3S/c5-1-4(2-6)3-7;4-1(5)2(6,7)15(11,12)10-16(13,14)3(1,8)9;1-8(4,5)3-9(2,6)7;1-5(2,3)4/h;;1-2H3;1H3,(H,2,3,4)/q3*-1;/p-1. The lowest BCUT2D eigenvalue weighted by molar-refractivity contribution is -0.244. The summed E-state index contributed by atoms with van der Waals surface area (Å²) in [5, 5.41) is 10.8. The topological polar surface area (TPSA) is 292 Å². The highest BCUT2D eigenvalue weighted by atomic mass is 32.3. The lowest BCUT2D eigenvalue weighted by Crippen LogP contribution is -2.64. The maximum atomic E-state index is 12.4. The molecule has 0 aromatic carbocycles. The van der Waals surface area contributed by atoms with Crippen LogP contribution in [0.25, 0.3) is 13.7 Å². The summed E-state index contributed by atoms with van der Waals surface area (Å²) in [5.74, 6) is -5.20. The molecule has 1 aliphatic rings. The summed E-state index contributed by atoms with van der Waals surface area (Å²) < 4.78 is 187. The molecule has 1 rings (SSSR count). The fourth-order valence-electron chi connectivity index (χ4n) is 1.04. The number of hydrogen-bond donors (Lipinski definition) is 0. The molecule has 1 aliphatic heterocycles. The average Bonchev–Trinajstić information content (AvgIpc) is 2.57. The molecule has 0 aliphatic carbocycles. The predicted octanol–water partition coefficient (Wildman–Crippen LogP) is -0.506. The van der Waals surface area contributed by atoms with Gasteiger partial charge in [0.15, 0.2) is 20.0 Å². The molecule has 37 heavy (non-hydrogen) atoms. The van der Waals surface area contributed by atoms with Crippen molar-refractivity contribution in [2.75, 3.05) is 18.8 Å². The molecule has 27 heteroatoms. The second-order valence-corrected chi connectivity index (χ2v) is 14.0. The Kier molecular flexibility index (Phi) is 13.2. The maximum absolute atomic E-state index is 12.4. The normalized spacial score (nSPS) is 20.1. The van der Waals surface area contributed by atoms with Crippen molar-refractivity contribution in [3.8, 4) is 12.1 Å². The highest BCUT2D eigenvalue weighted by Crippen LogP contribution is 2.57. The Morgan fingerprint density at radius 3 is 1.16 bits per heavy atom. The minimum atomic E-state index is -6.60. The molecule has 0 radical (unpaired) electrons. The van der Waals surface area contributed by atoms with E-state index in [-0.39, 0.29) is 0 Å². The first-order chi connectivity index (χ1) is 15.8. The van der Waals surface area contributed by atoms with Crippen molar-refractivity contribution in [3.05, 3.63) is 19.2 Å². The van der Waals surface area contributed by atoms with Gasteiger partial charge in [0.05, 0.1) is 30.2 Å². The summed E-state index contributed by atoms with van der Waals surface area (Å²) in [6.07, 6.45) is 2.04. The molecule has 216 valence electrons. The monoisotopic (exact) mass is 649 g/mol. The zero-order valence-corrected chi connectivity index (χ0v) is 21.6. The molecule has 0 aromatic rings. The Bertz CT molecular complexity index is 1430. The first-order valence-electron chi connectivity index (χ1n) is 7.25. The number of halogens is 6. The van der Waals surface area contributed by atoms with Gasteiger partial charge in [0, 0.05) is 18.8 Å². The number of alkyl halides is 6. The lowest BCUT2D eigenvalue weighted by atomic mass is 10.3. The molecule has 0 aromatic heterocycles. The van der Waals surface area contributed by atoms with Crippen LogP contribution in [0, 0.1) is 22.7 Å². The highest BCUT2D eigenvalue weighted by Gasteiger charge is 2.81. The van der Waals surface area contributed by atoms with Gasteiger partial charge in [0.2, 0.25) is 0 Å². The lowest BCUT2D eigenvalue weighted by Gasteiger charge is -2.42. The number of hydrogen-bond acceptors (Lipinski definition) is 13. The minimum Gasteiger partial charge on any atom is -0.762 e. The van der Waals surface area contributed by atoms with Crippen molar-refractivity contribution < 1.29 is 73.0 Å². The van der Waals surface area contributed by atoms with Gasteiger partial charge in [-0.15, -0.1) is 0 Å². The average molecular weight is 650 g/mol. The van der Waals surface area contributed by atoms with E-state index in [0.717, 1.165) is 4.13 Å². The van der Waals surface area contributed by atoms with Crippen molar-refractivity contribution >= 4 is 56.1 Å². The van der Waals surface area contributed by atoms with Crippen LogP contribution in [0.15, 0.2) is 5.57 Å². The second kappa shape index (κ2) is 12.5. The Hall–Kier alpha value is -2.36. The van der Waals surface area contributed by atoms with Gasteiger partial charge in [-0.1, -0.05) is 0 Å². The van der Waals surface area contributed by atoms with Crippen LogP contribution >= 0.6 is 0 Å². The van der Waals surface area contributed by atoms with Crippen molar-refractivity contribution in [3.63, 3.8) is 0 Å². The van der Waals surface area contributed by atoms with Gasteiger partial charge in [-0.25, -0.2) is 48.0 Å². The Balaban J connectivity index is -0.000000467. The smallest absolute Gasteiger partial charge is 0.399 e. The Morgan fingerprint density at radius 1 is 0.811 bits per heavy atom. The molecule has 1 heterocycles. The molecule has 1 fully saturated rings. The highest BCUT2D eigenvalue weighted by molar-refractivity contribution is 8.14. The molecular weight excluding hydrogens is 640 g/mol. The quantitative estimate of drug-likeness (QED) is 0.158. The van der Waals surface area contributed by atoms with Crippen LogP contribution in [0.2, 0.25) is 0 Å². The van der Waals surface area contributed by atoms with Gasteiger partial charge in [-0.05, 0) is 0 Å². The van der Waals surface area contributed by atoms with E-state index in [2.05, 4.69) is 4.13 Å². The van der Waals surface area contributed by atoms with E-state index in [4.69, 9.17) is 28.9 Å². The fourth-order valence-corrected chi connectivity index (χ4v) is 5.76. The van der Waals surface area contributed by atoms with Gasteiger partial charge in [0.1, 0.15) is 17.7 Å². The SMILES string of the molecule is CS(=O)(=O)[N-]S(C)(=O)=O.CS(=O)(=O)[O-].N#CC(=C=[N-])C#N.O=S1(=O)[N-]S(=O)(=O)C(F)(F)C(F)(F)C1(F)F. The second-order valence-electron chi connectivity index (χ2n) is 5.59. The first-order valence-corrected chi connectivity index (χ1v) is 15.6. The number of allylic oxidation sites excluding steroid dienone is 1. The molecule has 1 saturated heterocycles. The van der Waals surface area contributed by atoms with Crippen LogP contribution in [0.4, 0.5) is 26.3 Å². The Morgan fingerprint density at radius 2 is 1.05 bits per heavy atom. The van der Waals surface area contributed by atoms with Crippen LogP contribution < -0.4 is 0 Å². The van der Waals surface area contributed by atoms with Crippen molar-refractivity contribution in [2.24, 2.45) is 0 Å². The summed E-state index contributed by atoms with van der Waals surface area (Å²) >= 11 is 0. The largest absolute Gasteiger partial charge is 0.762 e. The number of nitrogens with zero attached hydrogens (tertiary/aromatic N) is 5. The summed E-state index contributed by atoms with van der Waals surface area (Å²) in [6.45, 7) is 0. The van der Waals surface area contributed by atoms with Gasteiger partial charge < -0.3 is 18.2 Å². The Labute approximate surface area is 206 Å². The van der Waals surface area contributed by atoms with Crippen molar-refractivity contribution in [1.82, 2.24) is 0 Å². The number of nitriles is 2. The van der Waals surface area contributed by atoms with Crippen LogP contribution in [0.5, 0.6) is 0 Å². The molecule has 0 spiro atoms. The fraction of sp³-hybridized carbons (Fsp3) is 0.600. The van der Waals surface area contributed by atoms with E-state index in [9.17, 15) is 60.0 Å². The zero-order valence-electron chi connectivity index (χ0n) is 17.5. The van der Waals surface area contributed by atoms with E-state index < -0.39 is 72.2 Å². The van der Waals surface area contributed by atoms with Crippen LogP contribution in [-0.4, -0.2) is 87.7 Å². The third-order valence-corrected chi connectivity index (χ3v) is 7.73. The van der Waals surface area contributed by atoms with Crippen LogP contribution in [-0.2, 0) is 50.2 Å². The van der Waals surface area contributed by atoms with E-state index in [1.807, 2.05) is 0 Å². The van der Waals surface area contributed by atoms with E-state index in [0.29, 0.717) is 18.8 Å². The van der Waals surface area contributed by atoms with Crippen LogP contribution in [0.3, 0.4) is 0 Å². The van der Waals surface area contributed by atoms with Crippen molar-refractivity contribution in [2.45, 2.75) is 16.4 Å². The molecule has 0 atom stereocenters. The third kappa shape index (κ3) is 12.6. The summed E-state index contributed by atoms with van der Waals surface area (Å²) in [7, 11) is -24.6. The molecule has 0 amide bonds. The minimum absolute atomic E-state index is 0.403. The van der Waals surface area contributed by atoms with Gasteiger partial charge in [-0.3, -0.25) is 0 Å². The molecule has 16 nitrogen and oxygen atoms in total. The van der Waals surface area contributed by atoms with E-state index in [1.54, 1.807) is 0 Å².